The number of amides is 3. The van der Waals surface area contributed by atoms with E-state index in [9.17, 15) is 36.3 Å². The van der Waals surface area contributed by atoms with Gasteiger partial charge in [-0.3, -0.25) is 14.3 Å². The van der Waals surface area contributed by atoms with Gasteiger partial charge in [-0.05, 0) is 65.9 Å². The third-order valence-electron chi connectivity index (χ3n) is 10.2. The van der Waals surface area contributed by atoms with E-state index < -0.39 is 72.0 Å². The number of fused-ring (bicyclic) bond motifs is 1. The molecule has 3 amide bonds. The number of carbonyl (C=O) groups excluding carboxylic acids is 3. The topological polar surface area (TPSA) is 137 Å². The number of hydrazone groups is 1. The molecule has 5 rings (SSSR count). The molecular weight excluding hydrogens is 693 g/mol. The van der Waals surface area contributed by atoms with Crippen LogP contribution < -0.4 is 10.6 Å². The summed E-state index contributed by atoms with van der Waals surface area (Å²) in [6, 6.07) is 0.861. The number of aliphatic imine (C=N–C) groups is 1. The number of nitrogens with zero attached hydrogens (tertiary/aromatic N) is 7. The van der Waals surface area contributed by atoms with E-state index in [-0.39, 0.29) is 56.8 Å². The first-order chi connectivity index (χ1) is 24.1. The predicted molar refractivity (Wildman–Crippen MR) is 181 cm³/mol. The van der Waals surface area contributed by atoms with Crippen LogP contribution in [0.3, 0.4) is 0 Å². The molecule has 52 heavy (non-hydrogen) atoms. The van der Waals surface area contributed by atoms with Crippen molar-refractivity contribution in [3.05, 3.63) is 18.0 Å². The minimum Gasteiger partial charge on any atom is -0.444 e. The quantitative estimate of drug-likeness (QED) is 0.287. The molecule has 4 aliphatic rings. The van der Waals surface area contributed by atoms with Crippen molar-refractivity contribution in [2.75, 3.05) is 33.7 Å². The summed E-state index contributed by atoms with van der Waals surface area (Å²) in [5, 5.41) is 16.1. The lowest BCUT2D eigenvalue weighted by molar-refractivity contribution is -0.384. The van der Waals surface area contributed by atoms with Gasteiger partial charge in [0.05, 0.1) is 25.6 Å². The van der Waals surface area contributed by atoms with Gasteiger partial charge in [-0.15, -0.1) is 10.1 Å². The molecule has 288 valence electrons. The van der Waals surface area contributed by atoms with Crippen molar-refractivity contribution < 1.29 is 45.6 Å². The summed E-state index contributed by atoms with van der Waals surface area (Å²) in [4.78, 5) is 46.0. The molecule has 0 radical (unpaired) electrons. The fourth-order valence-corrected chi connectivity index (χ4v) is 7.42. The van der Waals surface area contributed by atoms with Crippen LogP contribution in [-0.2, 0) is 16.1 Å². The number of hydrogen-bond donors (Lipinski definition) is 2. The number of aromatic nitrogens is 2. The fourth-order valence-electron chi connectivity index (χ4n) is 7.42. The van der Waals surface area contributed by atoms with Crippen LogP contribution in [0.5, 0.6) is 0 Å². The van der Waals surface area contributed by atoms with E-state index in [2.05, 4.69) is 15.7 Å². The van der Waals surface area contributed by atoms with Gasteiger partial charge in [-0.1, -0.05) is 4.99 Å². The number of rotatable bonds is 9. The molecule has 0 aromatic carbocycles. The Hall–Kier alpha value is -4.12. The Labute approximate surface area is 299 Å². The van der Waals surface area contributed by atoms with Crippen LogP contribution in [-0.4, -0.2) is 123 Å². The van der Waals surface area contributed by atoms with E-state index in [0.29, 0.717) is 23.9 Å². The number of guanidine groups is 1. The molecular formula is C34H49F5N9O4+. The maximum Gasteiger partial charge on any atom is 0.413 e. The SMILES string of the molecule is CCn1nccc1C(=O)N[C@@H](C1CCC(F)(F)CC1)C1(C)CN2N=C(C[C@H]3C[C@@H](C(F)(F)F)CNC3=O)C(CN(C)C(=O)OC(C)(C)C)=[N+](C)C2=N1. The number of alkyl halides is 5. The second-order valence-electron chi connectivity index (χ2n) is 15.5. The van der Waals surface area contributed by atoms with Crippen molar-refractivity contribution in [3.8, 4) is 0 Å². The van der Waals surface area contributed by atoms with Crippen molar-refractivity contribution in [2.45, 2.75) is 109 Å². The van der Waals surface area contributed by atoms with Crippen molar-refractivity contribution >= 4 is 35.3 Å². The van der Waals surface area contributed by atoms with Crippen molar-refractivity contribution in [1.29, 1.82) is 0 Å². The third-order valence-corrected chi connectivity index (χ3v) is 10.2. The van der Waals surface area contributed by atoms with Crippen LogP contribution in [0.4, 0.5) is 26.7 Å². The van der Waals surface area contributed by atoms with E-state index in [1.54, 1.807) is 43.5 Å². The molecule has 3 aliphatic heterocycles. The average Bonchev–Trinajstić information content (AvgIpc) is 3.66. The Morgan fingerprint density at radius 1 is 1.21 bits per heavy atom. The van der Waals surface area contributed by atoms with Crippen LogP contribution in [0.2, 0.25) is 0 Å². The van der Waals surface area contributed by atoms with Gasteiger partial charge in [0.25, 0.3) is 5.91 Å². The summed E-state index contributed by atoms with van der Waals surface area (Å²) in [5.41, 5.74) is -0.892. The number of ether oxygens (including phenoxy) is 1. The Balaban J connectivity index is 1.51. The molecule has 1 saturated carbocycles. The van der Waals surface area contributed by atoms with Gasteiger partial charge in [0, 0.05) is 51.5 Å². The standard InChI is InChI=1S/C34H48F5N9O4/c1-8-47-24(11-14-41-47)28(50)42-26(20-9-12-33(35,36)13-10-20)32(5)19-48-29(43-32)46(7)25(18-45(6)30(51)52-31(2,3)4)23(44-48)16-21-15-22(34(37,38)39)17-40-27(21)49/h11,14,20-22,26H,8-10,12-13,15-19H2,1-7H3,(H-,40,42,49,50)/p+1/t21-,22-,26+,32?/m1/s1. The largest absolute Gasteiger partial charge is 0.444 e. The van der Waals surface area contributed by atoms with Gasteiger partial charge in [0.2, 0.25) is 11.8 Å². The first kappa shape index (κ1) is 39.1. The molecule has 2 N–H and O–H groups in total. The highest BCUT2D eigenvalue weighted by molar-refractivity contribution is 6.42. The highest BCUT2D eigenvalue weighted by Crippen LogP contribution is 2.42. The summed E-state index contributed by atoms with van der Waals surface area (Å²) in [6.07, 6.45) is -4.62. The van der Waals surface area contributed by atoms with Crippen LogP contribution in [0.15, 0.2) is 22.4 Å². The first-order valence-corrected chi connectivity index (χ1v) is 17.6. The monoisotopic (exact) mass is 742 g/mol. The van der Waals surface area contributed by atoms with Crippen LogP contribution in [0.25, 0.3) is 0 Å². The summed E-state index contributed by atoms with van der Waals surface area (Å²) in [5.74, 6) is -6.59. The molecule has 18 heteroatoms. The van der Waals surface area contributed by atoms with Gasteiger partial charge < -0.3 is 20.3 Å². The number of nitrogens with one attached hydrogen (secondary N) is 2. The Kier molecular flexibility index (Phi) is 10.8. The maximum atomic E-state index is 14.3. The normalized spacial score (nSPS) is 25.9. The zero-order valence-electron chi connectivity index (χ0n) is 30.7. The number of hydrogen-bond acceptors (Lipinski definition) is 8. The second kappa shape index (κ2) is 14.4. The highest BCUT2D eigenvalue weighted by Gasteiger charge is 2.56. The highest BCUT2D eigenvalue weighted by atomic mass is 19.4. The second-order valence-corrected chi connectivity index (χ2v) is 15.5. The maximum absolute atomic E-state index is 14.3. The van der Waals surface area contributed by atoms with E-state index in [1.807, 2.05) is 13.8 Å². The van der Waals surface area contributed by atoms with Crippen LogP contribution in [0, 0.1) is 17.8 Å². The molecule has 0 bridgehead atoms. The fraction of sp³-hybridized carbons (Fsp3) is 0.735. The van der Waals surface area contributed by atoms with Crippen molar-refractivity contribution in [1.82, 2.24) is 30.3 Å². The van der Waals surface area contributed by atoms with Crippen molar-refractivity contribution in [3.63, 3.8) is 0 Å². The van der Waals surface area contributed by atoms with Crippen LogP contribution >= 0.6 is 0 Å². The molecule has 4 atom stereocenters. The Morgan fingerprint density at radius 2 is 1.88 bits per heavy atom. The van der Waals surface area contributed by atoms with E-state index >= 15 is 0 Å². The summed E-state index contributed by atoms with van der Waals surface area (Å²) >= 11 is 0. The number of halogens is 5. The summed E-state index contributed by atoms with van der Waals surface area (Å²) in [7, 11) is 3.19. The summed E-state index contributed by atoms with van der Waals surface area (Å²) in [6.45, 7) is 8.74. The first-order valence-electron chi connectivity index (χ1n) is 17.6. The predicted octanol–water partition coefficient (Wildman–Crippen LogP) is 4.28. The number of aryl methyl sites for hydroxylation is 1. The molecule has 13 nitrogen and oxygen atoms in total. The van der Waals surface area contributed by atoms with Gasteiger partial charge >= 0.3 is 18.2 Å². The number of piperidine rings is 1. The molecule has 4 heterocycles. The minimum absolute atomic E-state index is 0.0796. The summed E-state index contributed by atoms with van der Waals surface area (Å²) < 4.78 is 78.7. The lowest BCUT2D eigenvalue weighted by Gasteiger charge is -2.38. The zero-order chi connectivity index (χ0) is 38.4. The van der Waals surface area contributed by atoms with Gasteiger partial charge in [0.15, 0.2) is 5.54 Å². The van der Waals surface area contributed by atoms with E-state index in [0.717, 1.165) is 0 Å². The van der Waals surface area contributed by atoms with Gasteiger partial charge in [-0.2, -0.15) is 18.3 Å². The Bertz CT molecular complexity index is 1640. The van der Waals surface area contributed by atoms with Gasteiger partial charge in [0.1, 0.15) is 29.3 Å². The zero-order valence-corrected chi connectivity index (χ0v) is 30.7. The molecule has 1 saturated heterocycles. The van der Waals surface area contributed by atoms with E-state index in [4.69, 9.17) is 14.8 Å². The molecule has 1 aliphatic carbocycles. The lowest BCUT2D eigenvalue weighted by Crippen LogP contribution is -2.57. The number of carbonyl (C=O) groups is 3. The molecule has 0 spiro atoms. The van der Waals surface area contributed by atoms with Gasteiger partial charge in [-0.25, -0.2) is 18.2 Å². The van der Waals surface area contributed by atoms with Crippen molar-refractivity contribution in [2.24, 2.45) is 27.8 Å². The Morgan fingerprint density at radius 3 is 2.50 bits per heavy atom. The van der Waals surface area contributed by atoms with E-state index in [1.165, 1.54) is 22.8 Å². The molecule has 2 fully saturated rings. The molecule has 1 aromatic rings. The molecule has 1 unspecified atom stereocenters. The average molecular weight is 743 g/mol. The van der Waals surface area contributed by atoms with Crippen LogP contribution in [0.1, 0.15) is 83.6 Å². The minimum atomic E-state index is -4.51. The smallest absolute Gasteiger partial charge is 0.413 e. The molecule has 1 aromatic heterocycles. The third kappa shape index (κ3) is 8.56. The lowest BCUT2D eigenvalue weighted by atomic mass is 9.75.